The number of methoxy groups -OCH3 is 1. The van der Waals surface area contributed by atoms with Crippen molar-refractivity contribution in [2.75, 3.05) is 23.9 Å². The number of ether oxygens (including phenoxy) is 1. The maximum atomic E-state index is 13.2. The zero-order chi connectivity index (χ0) is 17.1. The van der Waals surface area contributed by atoms with Crippen LogP contribution in [0, 0.1) is 11.7 Å². The van der Waals surface area contributed by atoms with E-state index in [9.17, 15) is 14.0 Å². The second kappa shape index (κ2) is 6.70. The molecule has 3 rings (SSSR count). The van der Waals surface area contributed by atoms with E-state index in [2.05, 4.69) is 5.32 Å². The summed E-state index contributed by atoms with van der Waals surface area (Å²) < 4.78 is 18.5. The van der Waals surface area contributed by atoms with Crippen LogP contribution in [0.15, 0.2) is 48.5 Å². The van der Waals surface area contributed by atoms with Crippen molar-refractivity contribution >= 4 is 23.2 Å². The van der Waals surface area contributed by atoms with E-state index in [4.69, 9.17) is 4.74 Å². The molecule has 0 bridgehead atoms. The zero-order valence-corrected chi connectivity index (χ0v) is 13.2. The molecule has 124 valence electrons. The van der Waals surface area contributed by atoms with Gasteiger partial charge in [0.1, 0.15) is 11.6 Å². The molecule has 1 unspecified atom stereocenters. The fraction of sp³-hybridized carbons (Fsp3) is 0.222. The Bertz CT molecular complexity index is 778. The Morgan fingerprint density at radius 3 is 2.79 bits per heavy atom. The molecule has 1 N–H and O–H groups in total. The van der Waals surface area contributed by atoms with Crippen molar-refractivity contribution in [2.45, 2.75) is 6.42 Å². The molecule has 2 aromatic carbocycles. The van der Waals surface area contributed by atoms with E-state index in [1.165, 1.54) is 25.3 Å². The Labute approximate surface area is 139 Å². The largest absolute Gasteiger partial charge is 0.495 e. The van der Waals surface area contributed by atoms with Gasteiger partial charge in [0.15, 0.2) is 0 Å². The molecule has 0 radical (unpaired) electrons. The van der Waals surface area contributed by atoms with E-state index in [0.29, 0.717) is 17.1 Å². The van der Waals surface area contributed by atoms with Crippen molar-refractivity contribution in [1.29, 1.82) is 0 Å². The SMILES string of the molecule is COc1ccccc1N1CC(C(=O)Nc2cccc(F)c2)CC1=O. The third-order valence-electron chi connectivity index (χ3n) is 3.96. The predicted molar refractivity (Wildman–Crippen MR) is 88.5 cm³/mol. The molecule has 0 aromatic heterocycles. The van der Waals surface area contributed by atoms with Crippen LogP contribution < -0.4 is 15.0 Å². The molecule has 1 fully saturated rings. The summed E-state index contributed by atoms with van der Waals surface area (Å²) in [6, 6.07) is 12.8. The van der Waals surface area contributed by atoms with Gasteiger partial charge < -0.3 is 15.0 Å². The van der Waals surface area contributed by atoms with Crippen LogP contribution in [0.1, 0.15) is 6.42 Å². The molecule has 2 aromatic rings. The monoisotopic (exact) mass is 328 g/mol. The van der Waals surface area contributed by atoms with Crippen LogP contribution in [0.3, 0.4) is 0 Å². The molecular weight excluding hydrogens is 311 g/mol. The number of nitrogens with zero attached hydrogens (tertiary/aromatic N) is 1. The van der Waals surface area contributed by atoms with Crippen molar-refractivity contribution in [1.82, 2.24) is 0 Å². The standard InChI is InChI=1S/C18H17FN2O3/c1-24-16-8-3-2-7-15(16)21-11-12(9-17(21)22)18(23)20-14-6-4-5-13(19)10-14/h2-8,10,12H,9,11H2,1H3,(H,20,23). The molecule has 1 aliphatic rings. The fourth-order valence-electron chi connectivity index (χ4n) is 2.78. The number of carbonyl (C=O) groups excluding carboxylic acids is 2. The summed E-state index contributed by atoms with van der Waals surface area (Å²) in [5.74, 6) is -0.779. The van der Waals surface area contributed by atoms with Gasteiger partial charge in [-0.25, -0.2) is 4.39 Å². The quantitative estimate of drug-likeness (QED) is 0.939. The Hall–Kier alpha value is -2.89. The number of anilines is 2. The highest BCUT2D eigenvalue weighted by atomic mass is 19.1. The topological polar surface area (TPSA) is 58.6 Å². The zero-order valence-electron chi connectivity index (χ0n) is 13.2. The highest BCUT2D eigenvalue weighted by Crippen LogP contribution is 2.33. The van der Waals surface area contributed by atoms with Crippen LogP contribution >= 0.6 is 0 Å². The first-order valence-corrected chi connectivity index (χ1v) is 7.58. The summed E-state index contributed by atoms with van der Waals surface area (Å²) in [6.45, 7) is 0.264. The van der Waals surface area contributed by atoms with Gasteiger partial charge in [-0.05, 0) is 30.3 Å². The van der Waals surface area contributed by atoms with Gasteiger partial charge in [0.2, 0.25) is 11.8 Å². The third kappa shape index (κ3) is 3.22. The Kier molecular flexibility index (Phi) is 4.46. The van der Waals surface area contributed by atoms with Gasteiger partial charge in [-0.15, -0.1) is 0 Å². The highest BCUT2D eigenvalue weighted by molar-refractivity contribution is 6.04. The molecule has 24 heavy (non-hydrogen) atoms. The van der Waals surface area contributed by atoms with E-state index < -0.39 is 11.7 Å². The predicted octanol–water partition coefficient (Wildman–Crippen LogP) is 2.83. The average molecular weight is 328 g/mol. The number of nitrogens with one attached hydrogen (secondary N) is 1. The van der Waals surface area contributed by atoms with Gasteiger partial charge in [-0.1, -0.05) is 18.2 Å². The van der Waals surface area contributed by atoms with Crippen LogP contribution in [0.5, 0.6) is 5.75 Å². The summed E-state index contributed by atoms with van der Waals surface area (Å²) in [5, 5.41) is 2.66. The second-order valence-electron chi connectivity index (χ2n) is 5.58. The van der Waals surface area contributed by atoms with Gasteiger partial charge in [0.05, 0.1) is 18.7 Å². The molecule has 2 amide bonds. The fourth-order valence-corrected chi connectivity index (χ4v) is 2.78. The van der Waals surface area contributed by atoms with E-state index in [-0.39, 0.29) is 24.8 Å². The summed E-state index contributed by atoms with van der Waals surface area (Å²) in [5.41, 5.74) is 1.02. The normalized spacial score (nSPS) is 17.0. The van der Waals surface area contributed by atoms with E-state index in [1.807, 2.05) is 12.1 Å². The van der Waals surface area contributed by atoms with E-state index in [0.717, 1.165) is 0 Å². The molecule has 1 aliphatic heterocycles. The number of carbonyl (C=O) groups is 2. The molecule has 6 heteroatoms. The third-order valence-corrected chi connectivity index (χ3v) is 3.96. The lowest BCUT2D eigenvalue weighted by Crippen LogP contribution is -2.28. The molecule has 5 nitrogen and oxygen atoms in total. The number of rotatable bonds is 4. The van der Waals surface area contributed by atoms with Crippen LogP contribution in [-0.2, 0) is 9.59 Å². The van der Waals surface area contributed by atoms with Crippen molar-refractivity contribution in [2.24, 2.45) is 5.92 Å². The first-order valence-electron chi connectivity index (χ1n) is 7.58. The Morgan fingerprint density at radius 1 is 1.25 bits per heavy atom. The maximum Gasteiger partial charge on any atom is 0.229 e. The minimum atomic E-state index is -0.495. The number of para-hydroxylation sites is 2. The minimum Gasteiger partial charge on any atom is -0.495 e. The van der Waals surface area contributed by atoms with Gasteiger partial charge in [-0.3, -0.25) is 9.59 Å². The molecule has 1 saturated heterocycles. The number of halogens is 1. The Morgan fingerprint density at radius 2 is 2.04 bits per heavy atom. The number of hydrogen-bond acceptors (Lipinski definition) is 3. The van der Waals surface area contributed by atoms with E-state index >= 15 is 0 Å². The van der Waals surface area contributed by atoms with Gasteiger partial charge in [0.25, 0.3) is 0 Å². The van der Waals surface area contributed by atoms with Crippen LogP contribution in [0.4, 0.5) is 15.8 Å². The summed E-state index contributed by atoms with van der Waals surface area (Å²) >= 11 is 0. The summed E-state index contributed by atoms with van der Waals surface area (Å²) in [4.78, 5) is 26.2. The van der Waals surface area contributed by atoms with Crippen molar-refractivity contribution in [3.8, 4) is 5.75 Å². The highest BCUT2D eigenvalue weighted by Gasteiger charge is 2.36. The molecule has 0 aliphatic carbocycles. The second-order valence-corrected chi connectivity index (χ2v) is 5.58. The van der Waals surface area contributed by atoms with Crippen LogP contribution in [0.2, 0.25) is 0 Å². The summed E-state index contributed by atoms with van der Waals surface area (Å²) in [7, 11) is 1.54. The first-order chi connectivity index (χ1) is 11.6. The molecule has 0 spiro atoms. The average Bonchev–Trinajstić information content (AvgIpc) is 2.96. The number of benzene rings is 2. The molecular formula is C18H17FN2O3. The van der Waals surface area contributed by atoms with Crippen molar-refractivity contribution in [3.05, 3.63) is 54.3 Å². The lowest BCUT2D eigenvalue weighted by atomic mass is 10.1. The number of amides is 2. The van der Waals surface area contributed by atoms with Gasteiger partial charge >= 0.3 is 0 Å². The lowest BCUT2D eigenvalue weighted by molar-refractivity contribution is -0.122. The van der Waals surface area contributed by atoms with Crippen molar-refractivity contribution in [3.63, 3.8) is 0 Å². The summed E-state index contributed by atoms with van der Waals surface area (Å²) in [6.07, 6.45) is 0.110. The first kappa shape index (κ1) is 16.0. The van der Waals surface area contributed by atoms with Crippen LogP contribution in [0.25, 0.3) is 0 Å². The smallest absolute Gasteiger partial charge is 0.229 e. The Balaban J connectivity index is 1.73. The minimum absolute atomic E-state index is 0.110. The van der Waals surface area contributed by atoms with Crippen molar-refractivity contribution < 1.29 is 18.7 Å². The van der Waals surface area contributed by atoms with E-state index in [1.54, 1.807) is 23.1 Å². The number of hydrogen-bond donors (Lipinski definition) is 1. The molecule has 0 saturated carbocycles. The van der Waals surface area contributed by atoms with Crippen LogP contribution in [-0.4, -0.2) is 25.5 Å². The molecule has 1 atom stereocenters. The lowest BCUT2D eigenvalue weighted by Gasteiger charge is -2.19. The maximum absolute atomic E-state index is 13.2. The van der Waals surface area contributed by atoms with Gasteiger partial charge in [0, 0.05) is 18.7 Å². The van der Waals surface area contributed by atoms with Gasteiger partial charge in [-0.2, -0.15) is 0 Å². The molecule has 1 heterocycles.